The summed E-state index contributed by atoms with van der Waals surface area (Å²) < 4.78 is 1.74. The van der Waals surface area contributed by atoms with Crippen LogP contribution in [0.2, 0.25) is 0 Å². The van der Waals surface area contributed by atoms with E-state index in [9.17, 15) is 9.59 Å². The number of fused-ring (bicyclic) bond motifs is 1. The molecule has 7 heteroatoms. The minimum absolute atomic E-state index is 0.134. The average Bonchev–Trinajstić information content (AvgIpc) is 2.87. The average molecular weight is 390 g/mol. The van der Waals surface area contributed by atoms with Crippen molar-refractivity contribution in [2.45, 2.75) is 6.92 Å². The molecule has 2 amide bonds. The lowest BCUT2D eigenvalue weighted by Gasteiger charge is -2.07. The molecule has 5 nitrogen and oxygen atoms in total. The molecule has 23 heavy (non-hydrogen) atoms. The van der Waals surface area contributed by atoms with E-state index in [1.807, 2.05) is 12.1 Å². The van der Waals surface area contributed by atoms with Crippen LogP contribution in [0.1, 0.15) is 17.3 Å². The summed E-state index contributed by atoms with van der Waals surface area (Å²) in [5.41, 5.74) is 2.78. The summed E-state index contributed by atoms with van der Waals surface area (Å²) in [7, 11) is 0. The molecule has 116 valence electrons. The molecule has 0 aliphatic heterocycles. The molecule has 0 saturated heterocycles. The molecule has 3 aromatic rings. The number of rotatable bonds is 3. The third-order valence-corrected chi connectivity index (χ3v) is 4.56. The molecule has 0 unspecified atom stereocenters. The standard InChI is InChI=1S/C16H12BrN3O2S/c1-9(21)18-11-3-5-12(6-4-11)19-15(22)10-2-7-13-14(8-10)23-16(17)20-13/h2-8H,1H3,(H,18,21)(H,19,22). The number of aromatic nitrogens is 1. The third-order valence-electron chi connectivity index (χ3n) is 3.09. The zero-order chi connectivity index (χ0) is 16.4. The SMILES string of the molecule is CC(=O)Nc1ccc(NC(=O)c2ccc3nc(Br)sc3c2)cc1. The van der Waals surface area contributed by atoms with Gasteiger partial charge >= 0.3 is 0 Å². The Hall–Kier alpha value is -2.25. The number of halogens is 1. The van der Waals surface area contributed by atoms with Gasteiger partial charge in [-0.3, -0.25) is 9.59 Å². The highest BCUT2D eigenvalue weighted by Crippen LogP contribution is 2.27. The Morgan fingerprint density at radius 3 is 2.35 bits per heavy atom. The minimum Gasteiger partial charge on any atom is -0.326 e. The molecule has 1 heterocycles. The number of hydrogen-bond acceptors (Lipinski definition) is 4. The summed E-state index contributed by atoms with van der Waals surface area (Å²) in [6.45, 7) is 1.45. The van der Waals surface area contributed by atoms with Crippen molar-refractivity contribution < 1.29 is 9.59 Å². The van der Waals surface area contributed by atoms with Gasteiger partial charge in [0.25, 0.3) is 5.91 Å². The molecule has 1 aromatic heterocycles. The maximum absolute atomic E-state index is 12.3. The Morgan fingerprint density at radius 1 is 1.04 bits per heavy atom. The molecule has 2 N–H and O–H groups in total. The van der Waals surface area contributed by atoms with Gasteiger partial charge in [0.2, 0.25) is 5.91 Å². The van der Waals surface area contributed by atoms with E-state index in [0.717, 1.165) is 14.1 Å². The van der Waals surface area contributed by atoms with Crippen molar-refractivity contribution in [2.24, 2.45) is 0 Å². The minimum atomic E-state index is -0.191. The zero-order valence-electron chi connectivity index (χ0n) is 12.1. The lowest BCUT2D eigenvalue weighted by Crippen LogP contribution is -2.12. The predicted molar refractivity (Wildman–Crippen MR) is 96.0 cm³/mol. The van der Waals surface area contributed by atoms with Crippen LogP contribution in [0.15, 0.2) is 46.4 Å². The van der Waals surface area contributed by atoms with Crippen molar-refractivity contribution >= 4 is 60.7 Å². The molecule has 0 radical (unpaired) electrons. The van der Waals surface area contributed by atoms with Crippen molar-refractivity contribution in [3.8, 4) is 0 Å². The smallest absolute Gasteiger partial charge is 0.255 e. The number of carbonyl (C=O) groups excluding carboxylic acids is 2. The van der Waals surface area contributed by atoms with Crippen molar-refractivity contribution in [1.29, 1.82) is 0 Å². The summed E-state index contributed by atoms with van der Waals surface area (Å²) in [6, 6.07) is 12.3. The van der Waals surface area contributed by atoms with Crippen molar-refractivity contribution in [3.63, 3.8) is 0 Å². The largest absolute Gasteiger partial charge is 0.326 e. The van der Waals surface area contributed by atoms with Crippen LogP contribution in [-0.2, 0) is 4.79 Å². The summed E-state index contributed by atoms with van der Waals surface area (Å²) in [4.78, 5) is 27.6. The molecule has 3 rings (SSSR count). The van der Waals surface area contributed by atoms with Crippen LogP contribution < -0.4 is 10.6 Å². The topological polar surface area (TPSA) is 71.1 Å². The maximum atomic E-state index is 12.3. The highest BCUT2D eigenvalue weighted by atomic mass is 79.9. The van der Waals surface area contributed by atoms with Gasteiger partial charge in [0.1, 0.15) is 0 Å². The van der Waals surface area contributed by atoms with Crippen molar-refractivity contribution in [1.82, 2.24) is 4.98 Å². The van der Waals surface area contributed by atoms with Crippen LogP contribution in [0.4, 0.5) is 11.4 Å². The first kappa shape index (κ1) is 15.6. The molecule has 0 saturated carbocycles. The summed E-state index contributed by atoms with van der Waals surface area (Å²) >= 11 is 4.82. The fourth-order valence-corrected chi connectivity index (χ4v) is 3.52. The molecule has 0 fully saturated rings. The van der Waals surface area contributed by atoms with Gasteiger partial charge in [-0.2, -0.15) is 0 Å². The second-order valence-corrected chi connectivity index (χ2v) is 7.17. The predicted octanol–water partition coefficient (Wildman–Crippen LogP) is 4.27. The molecule has 0 spiro atoms. The van der Waals surface area contributed by atoms with Crippen LogP contribution in [0.5, 0.6) is 0 Å². The van der Waals surface area contributed by atoms with Gasteiger partial charge in [-0.15, -0.1) is 11.3 Å². The highest BCUT2D eigenvalue weighted by molar-refractivity contribution is 9.11. The van der Waals surface area contributed by atoms with E-state index in [1.165, 1.54) is 18.3 Å². The molecule has 0 atom stereocenters. The Bertz CT molecular complexity index is 890. The number of thiazole rings is 1. The fraction of sp³-hybridized carbons (Fsp3) is 0.0625. The molecule has 0 aliphatic carbocycles. The van der Waals surface area contributed by atoms with Crippen LogP contribution in [0.3, 0.4) is 0 Å². The van der Waals surface area contributed by atoms with Crippen LogP contribution in [0.25, 0.3) is 10.2 Å². The number of nitrogens with one attached hydrogen (secondary N) is 2. The Kier molecular flexibility index (Phi) is 4.40. The molecule has 0 bridgehead atoms. The lowest BCUT2D eigenvalue weighted by atomic mass is 10.2. The van der Waals surface area contributed by atoms with Gasteiger partial charge in [-0.1, -0.05) is 0 Å². The summed E-state index contributed by atoms with van der Waals surface area (Å²) in [5.74, 6) is -0.325. The van der Waals surface area contributed by atoms with Crippen molar-refractivity contribution in [2.75, 3.05) is 10.6 Å². The third kappa shape index (κ3) is 3.75. The Balaban J connectivity index is 1.75. The lowest BCUT2D eigenvalue weighted by molar-refractivity contribution is -0.114. The first-order valence-corrected chi connectivity index (χ1v) is 8.37. The molecule has 2 aromatic carbocycles. The summed E-state index contributed by atoms with van der Waals surface area (Å²) in [6.07, 6.45) is 0. The van der Waals surface area contributed by atoms with Crippen LogP contribution in [-0.4, -0.2) is 16.8 Å². The van der Waals surface area contributed by atoms with E-state index >= 15 is 0 Å². The fourth-order valence-electron chi connectivity index (χ4n) is 2.08. The van der Waals surface area contributed by atoms with Gasteiger partial charge in [0, 0.05) is 23.9 Å². The van der Waals surface area contributed by atoms with Gasteiger partial charge < -0.3 is 10.6 Å². The second-order valence-electron chi connectivity index (χ2n) is 4.86. The van der Waals surface area contributed by atoms with Gasteiger partial charge in [0.05, 0.1) is 10.2 Å². The van der Waals surface area contributed by atoms with E-state index in [0.29, 0.717) is 16.9 Å². The number of benzene rings is 2. The first-order valence-electron chi connectivity index (χ1n) is 6.76. The number of hydrogen-bond donors (Lipinski definition) is 2. The van der Waals surface area contributed by atoms with Crippen LogP contribution >= 0.6 is 27.3 Å². The summed E-state index contributed by atoms with van der Waals surface area (Å²) in [5, 5.41) is 5.51. The molecular weight excluding hydrogens is 378 g/mol. The van der Waals surface area contributed by atoms with Gasteiger partial charge in [-0.05, 0) is 58.4 Å². The van der Waals surface area contributed by atoms with E-state index < -0.39 is 0 Å². The Morgan fingerprint density at radius 2 is 1.70 bits per heavy atom. The van der Waals surface area contributed by atoms with E-state index in [4.69, 9.17) is 0 Å². The Labute approximate surface area is 144 Å². The van der Waals surface area contributed by atoms with Crippen molar-refractivity contribution in [3.05, 3.63) is 51.9 Å². The number of amides is 2. The van der Waals surface area contributed by atoms with E-state index in [2.05, 4.69) is 31.5 Å². The van der Waals surface area contributed by atoms with E-state index in [-0.39, 0.29) is 11.8 Å². The number of anilines is 2. The normalized spacial score (nSPS) is 10.5. The maximum Gasteiger partial charge on any atom is 0.255 e. The molecular formula is C16H12BrN3O2S. The van der Waals surface area contributed by atoms with E-state index in [1.54, 1.807) is 30.3 Å². The monoisotopic (exact) mass is 389 g/mol. The van der Waals surface area contributed by atoms with Crippen LogP contribution in [0, 0.1) is 0 Å². The number of nitrogens with zero attached hydrogens (tertiary/aromatic N) is 1. The quantitative estimate of drug-likeness (QED) is 0.702. The van der Waals surface area contributed by atoms with Gasteiger partial charge in [0.15, 0.2) is 3.92 Å². The van der Waals surface area contributed by atoms with Gasteiger partial charge in [-0.25, -0.2) is 4.98 Å². The zero-order valence-corrected chi connectivity index (χ0v) is 14.5. The second kappa shape index (κ2) is 6.47. The highest BCUT2D eigenvalue weighted by Gasteiger charge is 2.09. The molecule has 0 aliphatic rings. The first-order chi connectivity index (χ1) is 11.0. The number of carbonyl (C=O) groups is 2.